The number of benzene rings is 1. The van der Waals surface area contributed by atoms with Gasteiger partial charge in [-0.2, -0.15) is 0 Å². The number of hydrogen-bond donors (Lipinski definition) is 0. The quantitative estimate of drug-likeness (QED) is 0.632. The molecule has 0 aromatic heterocycles. The minimum atomic E-state index is -0.323. The molecule has 1 aliphatic rings. The van der Waals surface area contributed by atoms with Crippen molar-refractivity contribution in [1.82, 2.24) is 4.90 Å². The van der Waals surface area contributed by atoms with Gasteiger partial charge in [0.2, 0.25) is 11.8 Å². The minimum absolute atomic E-state index is 0.0341. The van der Waals surface area contributed by atoms with Crippen LogP contribution in [-0.4, -0.2) is 36.2 Å². The second-order valence-electron chi connectivity index (χ2n) is 5.16. The molecule has 1 aromatic rings. The van der Waals surface area contributed by atoms with E-state index in [2.05, 4.69) is 0 Å². The largest absolute Gasteiger partial charge is 0.495 e. The zero-order valence-corrected chi connectivity index (χ0v) is 12.6. The number of piperidine rings is 1. The lowest BCUT2D eigenvalue weighted by Gasteiger charge is -2.27. The maximum Gasteiger partial charge on any atom is 0.229 e. The molecule has 21 heavy (non-hydrogen) atoms. The standard InChI is InChI=1S/C15H16ClNO4/c1-9-5-14(19)17(15(20)6-9)8-12(18)10-3-4-13(21-2)11(16)7-10/h3-4,7,9H,5-6,8H2,1-2H3. The highest BCUT2D eigenvalue weighted by molar-refractivity contribution is 6.32. The number of imide groups is 1. The van der Waals surface area contributed by atoms with Crippen LogP contribution in [0.25, 0.3) is 0 Å². The maximum atomic E-state index is 12.2. The molecule has 0 bridgehead atoms. The lowest BCUT2D eigenvalue weighted by Crippen LogP contribution is -2.45. The number of halogens is 1. The van der Waals surface area contributed by atoms with Crippen molar-refractivity contribution in [1.29, 1.82) is 0 Å². The van der Waals surface area contributed by atoms with Gasteiger partial charge in [0, 0.05) is 18.4 Å². The molecule has 1 aromatic carbocycles. The van der Waals surface area contributed by atoms with E-state index in [1.165, 1.54) is 13.2 Å². The number of methoxy groups -OCH3 is 1. The average Bonchev–Trinajstić information content (AvgIpc) is 2.42. The van der Waals surface area contributed by atoms with E-state index in [1.807, 2.05) is 6.92 Å². The molecule has 0 aliphatic carbocycles. The third kappa shape index (κ3) is 3.42. The fraction of sp³-hybridized carbons (Fsp3) is 0.400. The van der Waals surface area contributed by atoms with Gasteiger partial charge in [0.05, 0.1) is 18.7 Å². The lowest BCUT2D eigenvalue weighted by atomic mass is 9.97. The number of carbonyl (C=O) groups excluding carboxylic acids is 3. The number of ether oxygens (including phenoxy) is 1. The highest BCUT2D eigenvalue weighted by Gasteiger charge is 2.31. The molecule has 5 nitrogen and oxygen atoms in total. The van der Waals surface area contributed by atoms with Crippen molar-refractivity contribution in [2.24, 2.45) is 5.92 Å². The molecule has 2 rings (SSSR count). The highest BCUT2D eigenvalue weighted by atomic mass is 35.5. The summed E-state index contributed by atoms with van der Waals surface area (Å²) in [6.45, 7) is 1.60. The van der Waals surface area contributed by atoms with Gasteiger partial charge in [-0.1, -0.05) is 18.5 Å². The minimum Gasteiger partial charge on any atom is -0.495 e. The molecule has 0 unspecified atom stereocenters. The number of amides is 2. The zero-order chi connectivity index (χ0) is 15.6. The number of hydrogen-bond acceptors (Lipinski definition) is 4. The van der Waals surface area contributed by atoms with Crippen LogP contribution in [0.2, 0.25) is 5.02 Å². The molecule has 0 N–H and O–H groups in total. The summed E-state index contributed by atoms with van der Waals surface area (Å²) in [6, 6.07) is 4.62. The molecular formula is C15H16ClNO4. The SMILES string of the molecule is COc1ccc(C(=O)CN2C(=O)CC(C)CC2=O)cc1Cl. The van der Waals surface area contributed by atoms with Crippen molar-refractivity contribution in [3.05, 3.63) is 28.8 Å². The summed E-state index contributed by atoms with van der Waals surface area (Å²) in [7, 11) is 1.48. The van der Waals surface area contributed by atoms with Gasteiger partial charge in [-0.25, -0.2) is 0 Å². The molecule has 2 amide bonds. The summed E-state index contributed by atoms with van der Waals surface area (Å²) >= 11 is 5.97. The van der Waals surface area contributed by atoms with Gasteiger partial charge in [0.25, 0.3) is 0 Å². The summed E-state index contributed by atoms with van der Waals surface area (Å²) in [5, 5.41) is 0.313. The monoisotopic (exact) mass is 309 g/mol. The Morgan fingerprint density at radius 3 is 2.48 bits per heavy atom. The van der Waals surface area contributed by atoms with Gasteiger partial charge in [-0.3, -0.25) is 19.3 Å². The van der Waals surface area contributed by atoms with Gasteiger partial charge in [0.15, 0.2) is 5.78 Å². The number of nitrogens with zero attached hydrogens (tertiary/aromatic N) is 1. The van der Waals surface area contributed by atoms with Crippen LogP contribution in [0, 0.1) is 5.92 Å². The Morgan fingerprint density at radius 2 is 1.95 bits per heavy atom. The van der Waals surface area contributed by atoms with Crippen molar-refractivity contribution in [3.8, 4) is 5.75 Å². The van der Waals surface area contributed by atoms with Crippen molar-refractivity contribution >= 4 is 29.2 Å². The fourth-order valence-electron chi connectivity index (χ4n) is 2.28. The smallest absolute Gasteiger partial charge is 0.229 e. The molecule has 112 valence electrons. The first kappa shape index (κ1) is 15.5. The van der Waals surface area contributed by atoms with Crippen molar-refractivity contribution in [2.75, 3.05) is 13.7 Å². The zero-order valence-electron chi connectivity index (χ0n) is 11.9. The van der Waals surface area contributed by atoms with Crippen molar-refractivity contribution < 1.29 is 19.1 Å². The normalized spacial score (nSPS) is 16.2. The first-order valence-electron chi connectivity index (χ1n) is 6.62. The van der Waals surface area contributed by atoms with Gasteiger partial charge < -0.3 is 4.74 Å². The fourth-order valence-corrected chi connectivity index (χ4v) is 2.54. The first-order chi connectivity index (χ1) is 9.92. The number of carbonyl (C=O) groups is 3. The van der Waals surface area contributed by atoms with Gasteiger partial charge in [-0.05, 0) is 24.1 Å². The second-order valence-corrected chi connectivity index (χ2v) is 5.57. The van der Waals surface area contributed by atoms with E-state index in [0.29, 0.717) is 29.2 Å². The Kier molecular flexibility index (Phi) is 4.63. The van der Waals surface area contributed by atoms with Gasteiger partial charge >= 0.3 is 0 Å². The van der Waals surface area contributed by atoms with Crippen LogP contribution in [0.15, 0.2) is 18.2 Å². The number of rotatable bonds is 4. The van der Waals surface area contributed by atoms with Crippen LogP contribution in [0.1, 0.15) is 30.1 Å². The molecule has 0 saturated carbocycles. The number of likely N-dealkylation sites (tertiary alicyclic amines) is 1. The van der Waals surface area contributed by atoms with Crippen LogP contribution in [-0.2, 0) is 9.59 Å². The second kappa shape index (κ2) is 6.26. The molecule has 6 heteroatoms. The predicted octanol–water partition coefficient (Wildman–Crippen LogP) is 2.32. The summed E-state index contributed by atoms with van der Waals surface area (Å²) in [5.41, 5.74) is 0.347. The van der Waals surface area contributed by atoms with E-state index in [0.717, 1.165) is 4.90 Å². The molecule has 1 fully saturated rings. The lowest BCUT2D eigenvalue weighted by molar-refractivity contribution is -0.149. The van der Waals surface area contributed by atoms with Gasteiger partial charge in [-0.15, -0.1) is 0 Å². The van der Waals surface area contributed by atoms with Crippen LogP contribution >= 0.6 is 11.6 Å². The Morgan fingerprint density at radius 1 is 1.33 bits per heavy atom. The average molecular weight is 310 g/mol. The Labute approximate surface area is 127 Å². The van der Waals surface area contributed by atoms with Crippen LogP contribution in [0.3, 0.4) is 0 Å². The van der Waals surface area contributed by atoms with E-state index in [4.69, 9.17) is 16.3 Å². The van der Waals surface area contributed by atoms with Crippen LogP contribution in [0.4, 0.5) is 0 Å². The van der Waals surface area contributed by atoms with Crippen LogP contribution < -0.4 is 4.74 Å². The van der Waals surface area contributed by atoms with E-state index >= 15 is 0 Å². The Balaban J connectivity index is 2.12. The Bertz CT molecular complexity index is 581. The molecule has 0 atom stereocenters. The van der Waals surface area contributed by atoms with E-state index < -0.39 is 0 Å². The van der Waals surface area contributed by atoms with E-state index in [-0.39, 0.29) is 30.1 Å². The molecular weight excluding hydrogens is 294 g/mol. The topological polar surface area (TPSA) is 63.7 Å². The molecule has 1 saturated heterocycles. The molecule has 1 aliphatic heterocycles. The summed E-state index contributed by atoms with van der Waals surface area (Å²) < 4.78 is 5.01. The van der Waals surface area contributed by atoms with Gasteiger partial charge in [0.1, 0.15) is 5.75 Å². The molecule has 1 heterocycles. The Hall–Kier alpha value is -1.88. The molecule has 0 spiro atoms. The summed E-state index contributed by atoms with van der Waals surface area (Å²) in [5.74, 6) is -0.423. The van der Waals surface area contributed by atoms with E-state index in [1.54, 1.807) is 12.1 Å². The van der Waals surface area contributed by atoms with E-state index in [9.17, 15) is 14.4 Å². The van der Waals surface area contributed by atoms with Crippen molar-refractivity contribution in [3.63, 3.8) is 0 Å². The molecule has 0 radical (unpaired) electrons. The predicted molar refractivity (Wildman–Crippen MR) is 77.5 cm³/mol. The third-order valence-corrected chi connectivity index (χ3v) is 3.72. The number of ketones is 1. The third-order valence-electron chi connectivity index (χ3n) is 3.42. The summed E-state index contributed by atoms with van der Waals surface area (Å²) in [4.78, 5) is 36.9. The summed E-state index contributed by atoms with van der Waals surface area (Å²) in [6.07, 6.45) is 0.588. The highest BCUT2D eigenvalue weighted by Crippen LogP contribution is 2.25. The van der Waals surface area contributed by atoms with Crippen LogP contribution in [0.5, 0.6) is 5.75 Å². The van der Waals surface area contributed by atoms with Crippen molar-refractivity contribution in [2.45, 2.75) is 19.8 Å². The maximum absolute atomic E-state index is 12.2. The number of Topliss-reactive ketones (excluding diaryl/α,β-unsaturated/α-hetero) is 1. The first-order valence-corrected chi connectivity index (χ1v) is 7.00.